The number of thiocarbonyl (C=S) groups is 1. The fourth-order valence-corrected chi connectivity index (χ4v) is 2.83. The number of thioether (sulfide) groups is 1. The first-order valence-corrected chi connectivity index (χ1v) is 6.59. The van der Waals surface area contributed by atoms with Crippen LogP contribution in [0.2, 0.25) is 5.02 Å². The number of benzene rings is 1. The summed E-state index contributed by atoms with van der Waals surface area (Å²) in [7, 11) is 0. The van der Waals surface area contributed by atoms with Crippen molar-refractivity contribution in [2.24, 2.45) is 10.8 Å². The van der Waals surface area contributed by atoms with Gasteiger partial charge in [-0.25, -0.2) is 4.39 Å². The van der Waals surface area contributed by atoms with Gasteiger partial charge in [-0.2, -0.15) is 5.10 Å². The average Bonchev–Trinajstić information content (AvgIpc) is 2.28. The van der Waals surface area contributed by atoms with Crippen LogP contribution in [0.15, 0.2) is 22.1 Å². The van der Waals surface area contributed by atoms with Crippen molar-refractivity contribution in [1.29, 1.82) is 0 Å². The molecule has 1 heterocycles. The highest BCUT2D eigenvalue weighted by Gasteiger charge is 2.18. The molecule has 0 amide bonds. The molecule has 0 spiro atoms. The number of hydrogen-bond donors (Lipinski definition) is 2. The Morgan fingerprint density at radius 3 is 3.06 bits per heavy atom. The van der Waals surface area contributed by atoms with Crippen LogP contribution in [0.4, 0.5) is 4.39 Å². The molecule has 0 fully saturated rings. The van der Waals surface area contributed by atoms with Gasteiger partial charge in [-0.05, 0) is 24.4 Å². The summed E-state index contributed by atoms with van der Waals surface area (Å²) in [6.07, 6.45) is 0.731. The number of fused-ring (bicyclic) bond motifs is 1. The molecule has 3 N–H and O–H groups in total. The Bertz CT molecular complexity index is 505. The smallest absolute Gasteiger partial charge is 0.184 e. The topological polar surface area (TPSA) is 50.4 Å². The van der Waals surface area contributed by atoms with Crippen molar-refractivity contribution in [3.05, 3.63) is 28.5 Å². The molecule has 90 valence electrons. The zero-order chi connectivity index (χ0) is 12.4. The molecule has 0 bridgehead atoms. The van der Waals surface area contributed by atoms with Crippen LogP contribution in [0.5, 0.6) is 0 Å². The predicted molar refractivity (Wildman–Crippen MR) is 73.2 cm³/mol. The summed E-state index contributed by atoms with van der Waals surface area (Å²) in [5.41, 5.74) is 9.30. The normalized spacial score (nSPS) is 16.7. The van der Waals surface area contributed by atoms with Crippen molar-refractivity contribution in [2.75, 3.05) is 5.75 Å². The van der Waals surface area contributed by atoms with Gasteiger partial charge in [-0.15, -0.1) is 11.8 Å². The highest BCUT2D eigenvalue weighted by Crippen LogP contribution is 2.33. The molecule has 0 aliphatic carbocycles. The van der Waals surface area contributed by atoms with E-state index in [9.17, 15) is 4.39 Å². The number of nitrogens with zero attached hydrogens (tertiary/aromatic N) is 1. The van der Waals surface area contributed by atoms with Crippen molar-refractivity contribution < 1.29 is 4.39 Å². The molecule has 1 aliphatic rings. The first kappa shape index (κ1) is 12.6. The van der Waals surface area contributed by atoms with E-state index in [0.717, 1.165) is 28.3 Å². The largest absolute Gasteiger partial charge is 0.375 e. The molecule has 0 radical (unpaired) electrons. The summed E-state index contributed by atoms with van der Waals surface area (Å²) in [5.74, 6) is 0.420. The second-order valence-corrected chi connectivity index (χ2v) is 5.38. The Morgan fingerprint density at radius 1 is 1.59 bits per heavy atom. The van der Waals surface area contributed by atoms with Crippen LogP contribution < -0.4 is 11.2 Å². The zero-order valence-corrected chi connectivity index (χ0v) is 11.1. The highest BCUT2D eigenvalue weighted by molar-refractivity contribution is 7.99. The van der Waals surface area contributed by atoms with Gasteiger partial charge < -0.3 is 5.73 Å². The van der Waals surface area contributed by atoms with E-state index >= 15 is 0 Å². The minimum absolute atomic E-state index is 0.0895. The van der Waals surface area contributed by atoms with Gasteiger partial charge in [0, 0.05) is 22.6 Å². The van der Waals surface area contributed by atoms with Crippen molar-refractivity contribution in [3.63, 3.8) is 0 Å². The number of hydrazone groups is 1. The van der Waals surface area contributed by atoms with E-state index in [1.807, 2.05) is 0 Å². The number of rotatable bonds is 1. The van der Waals surface area contributed by atoms with Crippen molar-refractivity contribution in [2.45, 2.75) is 11.3 Å². The van der Waals surface area contributed by atoms with Crippen molar-refractivity contribution in [1.82, 2.24) is 5.43 Å². The lowest BCUT2D eigenvalue weighted by atomic mass is 10.1. The average molecular weight is 290 g/mol. The van der Waals surface area contributed by atoms with Gasteiger partial charge in [0.05, 0.1) is 10.7 Å². The van der Waals surface area contributed by atoms with Crippen LogP contribution in [0.25, 0.3) is 0 Å². The lowest BCUT2D eigenvalue weighted by molar-refractivity contribution is 0.626. The quantitative estimate of drug-likeness (QED) is 0.616. The van der Waals surface area contributed by atoms with E-state index in [-0.39, 0.29) is 10.1 Å². The van der Waals surface area contributed by atoms with Gasteiger partial charge in [0.1, 0.15) is 5.82 Å². The van der Waals surface area contributed by atoms with E-state index in [1.165, 1.54) is 6.07 Å². The van der Waals surface area contributed by atoms with Crippen LogP contribution in [0, 0.1) is 5.82 Å². The molecule has 0 saturated carbocycles. The summed E-state index contributed by atoms with van der Waals surface area (Å²) in [4.78, 5) is 0.922. The Kier molecular flexibility index (Phi) is 3.86. The Morgan fingerprint density at radius 2 is 2.35 bits per heavy atom. The molecule has 7 heteroatoms. The number of nitrogens with two attached hydrogens (primary N) is 1. The van der Waals surface area contributed by atoms with Gasteiger partial charge >= 0.3 is 0 Å². The lowest BCUT2D eigenvalue weighted by Gasteiger charge is -2.17. The molecular weight excluding hydrogens is 281 g/mol. The molecule has 2 rings (SSSR count). The molecule has 0 aromatic heterocycles. The van der Waals surface area contributed by atoms with Crippen LogP contribution in [-0.4, -0.2) is 16.6 Å². The van der Waals surface area contributed by atoms with Gasteiger partial charge in [-0.3, -0.25) is 5.43 Å². The van der Waals surface area contributed by atoms with Crippen LogP contribution >= 0.6 is 35.6 Å². The van der Waals surface area contributed by atoms with Gasteiger partial charge in [0.2, 0.25) is 0 Å². The van der Waals surface area contributed by atoms with E-state index in [1.54, 1.807) is 17.8 Å². The van der Waals surface area contributed by atoms with E-state index < -0.39 is 5.82 Å². The Hall–Kier alpha value is -0.850. The zero-order valence-electron chi connectivity index (χ0n) is 8.67. The second-order valence-electron chi connectivity index (χ2n) is 3.40. The molecule has 3 nitrogen and oxygen atoms in total. The van der Waals surface area contributed by atoms with Crippen molar-refractivity contribution >= 4 is 46.4 Å². The third kappa shape index (κ3) is 2.88. The first-order chi connectivity index (χ1) is 8.08. The third-order valence-electron chi connectivity index (χ3n) is 2.23. The van der Waals surface area contributed by atoms with Crippen LogP contribution in [-0.2, 0) is 0 Å². The SMILES string of the molecule is NC(=S)NN=C1CCSc2cc(Cl)c(F)cc21. The molecule has 0 saturated heterocycles. The van der Waals surface area contributed by atoms with E-state index in [2.05, 4.69) is 22.7 Å². The Balaban J connectivity index is 2.40. The fourth-order valence-electron chi connectivity index (χ4n) is 1.50. The molecule has 17 heavy (non-hydrogen) atoms. The molecule has 1 aliphatic heterocycles. The van der Waals surface area contributed by atoms with Crippen molar-refractivity contribution in [3.8, 4) is 0 Å². The third-order valence-corrected chi connectivity index (χ3v) is 3.67. The molecule has 1 aromatic carbocycles. The monoisotopic (exact) mass is 289 g/mol. The summed E-state index contributed by atoms with van der Waals surface area (Å²) in [6.45, 7) is 0. The Labute approximate surface area is 113 Å². The predicted octanol–water partition coefficient (Wildman–Crippen LogP) is 2.51. The highest BCUT2D eigenvalue weighted by atomic mass is 35.5. The second kappa shape index (κ2) is 5.20. The van der Waals surface area contributed by atoms with E-state index in [0.29, 0.717) is 0 Å². The summed E-state index contributed by atoms with van der Waals surface area (Å²) in [5, 5.41) is 4.29. The van der Waals surface area contributed by atoms with Crippen LogP contribution in [0.1, 0.15) is 12.0 Å². The molecule has 0 unspecified atom stereocenters. The maximum Gasteiger partial charge on any atom is 0.184 e. The summed E-state index contributed by atoms with van der Waals surface area (Å²) in [6, 6.07) is 3.01. The summed E-state index contributed by atoms with van der Waals surface area (Å²) < 4.78 is 13.4. The molecule has 1 aromatic rings. The number of nitrogens with one attached hydrogen (secondary N) is 1. The molecular formula is C10H9ClFN3S2. The minimum Gasteiger partial charge on any atom is -0.375 e. The maximum absolute atomic E-state index is 13.4. The van der Waals surface area contributed by atoms with Gasteiger partial charge in [0.25, 0.3) is 0 Å². The first-order valence-electron chi connectivity index (χ1n) is 4.82. The summed E-state index contributed by atoms with van der Waals surface area (Å²) >= 11 is 12.0. The number of halogens is 2. The maximum atomic E-state index is 13.4. The van der Waals surface area contributed by atoms with Gasteiger partial charge in [-0.1, -0.05) is 11.6 Å². The van der Waals surface area contributed by atoms with E-state index in [4.69, 9.17) is 17.3 Å². The van der Waals surface area contributed by atoms with Crippen LogP contribution in [0.3, 0.4) is 0 Å². The standard InChI is InChI=1S/C10H9ClFN3S2/c11-6-4-9-5(3-7(6)12)8(1-2-17-9)14-15-10(13)16/h3-4H,1-2H2,(H3,13,15,16). The number of hydrogen-bond acceptors (Lipinski definition) is 3. The fraction of sp³-hybridized carbons (Fsp3) is 0.200. The lowest BCUT2D eigenvalue weighted by Crippen LogP contribution is -2.26. The minimum atomic E-state index is -0.448. The van der Waals surface area contributed by atoms with Gasteiger partial charge in [0.15, 0.2) is 5.11 Å². The molecule has 0 atom stereocenters.